The Morgan fingerprint density at radius 3 is 2.89 bits per heavy atom. The molecule has 0 radical (unpaired) electrons. The van der Waals surface area contributed by atoms with E-state index in [1.54, 1.807) is 6.20 Å². The third-order valence-electron chi connectivity index (χ3n) is 3.17. The standard InChI is InChI=1S/C14H23N3S/c1-3-5-7-11(4-2)10-17-14-12(13(15)18)8-6-9-16-14/h6,8-9,11H,3-5,7,10H2,1-2H3,(H2,15,18)(H,16,17). The molecule has 4 heteroatoms. The summed E-state index contributed by atoms with van der Waals surface area (Å²) in [5.74, 6) is 1.49. The molecule has 0 saturated heterocycles. The molecule has 1 unspecified atom stereocenters. The van der Waals surface area contributed by atoms with Crippen molar-refractivity contribution >= 4 is 23.0 Å². The lowest BCUT2D eigenvalue weighted by Gasteiger charge is -2.17. The molecule has 3 nitrogen and oxygen atoms in total. The first kappa shape index (κ1) is 14.9. The second kappa shape index (κ2) is 8.03. The van der Waals surface area contributed by atoms with E-state index in [1.165, 1.54) is 25.7 Å². The van der Waals surface area contributed by atoms with Gasteiger partial charge in [0, 0.05) is 12.7 Å². The van der Waals surface area contributed by atoms with Crippen LogP contribution in [0.25, 0.3) is 0 Å². The quantitative estimate of drug-likeness (QED) is 0.708. The van der Waals surface area contributed by atoms with Crippen LogP contribution in [0.3, 0.4) is 0 Å². The number of unbranched alkanes of at least 4 members (excludes halogenated alkanes) is 1. The molecule has 0 aromatic carbocycles. The number of rotatable bonds is 8. The van der Waals surface area contributed by atoms with Crippen molar-refractivity contribution in [3.63, 3.8) is 0 Å². The van der Waals surface area contributed by atoms with E-state index in [0.717, 1.165) is 17.9 Å². The molecule has 0 aliphatic carbocycles. The Kier molecular flexibility index (Phi) is 6.65. The summed E-state index contributed by atoms with van der Waals surface area (Å²) in [5, 5.41) is 3.38. The van der Waals surface area contributed by atoms with Crippen LogP contribution in [0.15, 0.2) is 18.3 Å². The number of thiocarbonyl (C=S) groups is 1. The van der Waals surface area contributed by atoms with Gasteiger partial charge in [-0.05, 0) is 24.5 Å². The highest BCUT2D eigenvalue weighted by atomic mass is 32.1. The fraction of sp³-hybridized carbons (Fsp3) is 0.571. The topological polar surface area (TPSA) is 50.9 Å². The van der Waals surface area contributed by atoms with E-state index < -0.39 is 0 Å². The van der Waals surface area contributed by atoms with Gasteiger partial charge in [0.25, 0.3) is 0 Å². The number of hydrogen-bond donors (Lipinski definition) is 2. The van der Waals surface area contributed by atoms with Crippen molar-refractivity contribution in [2.45, 2.75) is 39.5 Å². The molecule has 1 atom stereocenters. The molecule has 0 saturated carbocycles. The summed E-state index contributed by atoms with van der Waals surface area (Å²) >= 11 is 5.03. The van der Waals surface area contributed by atoms with Gasteiger partial charge in [0.15, 0.2) is 0 Å². The summed E-state index contributed by atoms with van der Waals surface area (Å²) in [6.45, 7) is 5.39. The van der Waals surface area contributed by atoms with Crippen molar-refractivity contribution in [3.8, 4) is 0 Å². The van der Waals surface area contributed by atoms with Gasteiger partial charge in [-0.1, -0.05) is 45.3 Å². The van der Waals surface area contributed by atoms with Crippen LogP contribution >= 0.6 is 12.2 Å². The first-order chi connectivity index (χ1) is 8.69. The SMILES string of the molecule is CCCCC(CC)CNc1ncccc1C(N)=S. The number of nitrogens with two attached hydrogens (primary N) is 1. The van der Waals surface area contributed by atoms with Crippen molar-refractivity contribution in [1.29, 1.82) is 0 Å². The average Bonchev–Trinajstić information content (AvgIpc) is 2.39. The van der Waals surface area contributed by atoms with Crippen molar-refractivity contribution in [2.75, 3.05) is 11.9 Å². The molecule has 0 aliphatic rings. The van der Waals surface area contributed by atoms with Crippen LogP contribution < -0.4 is 11.1 Å². The van der Waals surface area contributed by atoms with Crippen LogP contribution in [0.2, 0.25) is 0 Å². The molecule has 100 valence electrons. The second-order valence-corrected chi connectivity index (χ2v) is 5.00. The summed E-state index contributed by atoms with van der Waals surface area (Å²) in [4.78, 5) is 4.70. The number of nitrogens with zero attached hydrogens (tertiary/aromatic N) is 1. The number of anilines is 1. The normalized spacial score (nSPS) is 12.1. The zero-order valence-corrected chi connectivity index (χ0v) is 12.1. The molecule has 0 spiro atoms. The summed E-state index contributed by atoms with van der Waals surface area (Å²) < 4.78 is 0. The summed E-state index contributed by atoms with van der Waals surface area (Å²) in [7, 11) is 0. The van der Waals surface area contributed by atoms with Gasteiger partial charge in [-0.15, -0.1) is 0 Å². The third kappa shape index (κ3) is 4.61. The molecule has 0 bridgehead atoms. The lowest BCUT2D eigenvalue weighted by molar-refractivity contribution is 0.472. The Bertz CT molecular complexity index is 379. The highest BCUT2D eigenvalue weighted by Crippen LogP contribution is 2.16. The van der Waals surface area contributed by atoms with Crippen LogP contribution in [0.1, 0.15) is 45.1 Å². The van der Waals surface area contributed by atoms with E-state index in [2.05, 4.69) is 24.1 Å². The predicted octanol–water partition coefficient (Wildman–Crippen LogP) is 3.34. The molecule has 18 heavy (non-hydrogen) atoms. The molecule has 3 N–H and O–H groups in total. The van der Waals surface area contributed by atoms with E-state index >= 15 is 0 Å². The molecular weight excluding hydrogens is 242 g/mol. The van der Waals surface area contributed by atoms with Gasteiger partial charge in [-0.3, -0.25) is 0 Å². The van der Waals surface area contributed by atoms with Crippen molar-refractivity contribution in [2.24, 2.45) is 11.7 Å². The molecule has 0 aliphatic heterocycles. The Labute approximate surface area is 115 Å². The Morgan fingerprint density at radius 1 is 1.50 bits per heavy atom. The van der Waals surface area contributed by atoms with Crippen LogP contribution in [0, 0.1) is 5.92 Å². The van der Waals surface area contributed by atoms with Gasteiger partial charge in [0.2, 0.25) is 0 Å². The number of hydrogen-bond acceptors (Lipinski definition) is 3. The first-order valence-corrected chi connectivity index (χ1v) is 7.08. The lowest BCUT2D eigenvalue weighted by Crippen LogP contribution is -2.18. The van der Waals surface area contributed by atoms with Gasteiger partial charge in [0.1, 0.15) is 10.8 Å². The molecule has 1 aromatic rings. The van der Waals surface area contributed by atoms with E-state index in [1.807, 2.05) is 12.1 Å². The van der Waals surface area contributed by atoms with Crippen LogP contribution in [-0.2, 0) is 0 Å². The van der Waals surface area contributed by atoms with E-state index in [9.17, 15) is 0 Å². The molecular formula is C14H23N3S. The van der Waals surface area contributed by atoms with Crippen molar-refractivity contribution in [1.82, 2.24) is 4.98 Å². The molecule has 1 aromatic heterocycles. The maximum Gasteiger partial charge on any atom is 0.136 e. The van der Waals surface area contributed by atoms with E-state index in [0.29, 0.717) is 10.9 Å². The zero-order chi connectivity index (χ0) is 13.4. The third-order valence-corrected chi connectivity index (χ3v) is 3.39. The van der Waals surface area contributed by atoms with Gasteiger partial charge in [-0.2, -0.15) is 0 Å². The van der Waals surface area contributed by atoms with Crippen molar-refractivity contribution in [3.05, 3.63) is 23.9 Å². The highest BCUT2D eigenvalue weighted by Gasteiger charge is 2.09. The molecule has 1 heterocycles. The summed E-state index contributed by atoms with van der Waals surface area (Å²) in [6, 6.07) is 3.76. The minimum Gasteiger partial charge on any atom is -0.389 e. The Balaban J connectivity index is 2.59. The van der Waals surface area contributed by atoms with Crippen LogP contribution in [0.5, 0.6) is 0 Å². The zero-order valence-electron chi connectivity index (χ0n) is 11.3. The molecule has 0 fully saturated rings. The Morgan fingerprint density at radius 2 is 2.28 bits per heavy atom. The predicted molar refractivity (Wildman–Crippen MR) is 81.9 cm³/mol. The van der Waals surface area contributed by atoms with Gasteiger partial charge >= 0.3 is 0 Å². The van der Waals surface area contributed by atoms with Gasteiger partial charge in [0.05, 0.1) is 5.56 Å². The number of aromatic nitrogens is 1. The largest absolute Gasteiger partial charge is 0.389 e. The molecule has 1 rings (SSSR count). The highest BCUT2D eigenvalue weighted by molar-refractivity contribution is 7.80. The Hall–Kier alpha value is -1.16. The fourth-order valence-corrected chi connectivity index (χ4v) is 2.09. The van der Waals surface area contributed by atoms with Crippen molar-refractivity contribution < 1.29 is 0 Å². The van der Waals surface area contributed by atoms with E-state index in [4.69, 9.17) is 18.0 Å². The fourth-order valence-electron chi connectivity index (χ4n) is 1.93. The summed E-state index contributed by atoms with van der Waals surface area (Å²) in [5.41, 5.74) is 6.52. The smallest absolute Gasteiger partial charge is 0.136 e. The molecule has 0 amide bonds. The minimum absolute atomic E-state index is 0.396. The number of pyridine rings is 1. The van der Waals surface area contributed by atoms with Crippen LogP contribution in [-0.4, -0.2) is 16.5 Å². The van der Waals surface area contributed by atoms with E-state index in [-0.39, 0.29) is 0 Å². The van der Waals surface area contributed by atoms with Crippen LogP contribution in [0.4, 0.5) is 5.82 Å². The summed E-state index contributed by atoms with van der Waals surface area (Å²) in [6.07, 6.45) is 6.73. The maximum absolute atomic E-state index is 5.69. The second-order valence-electron chi connectivity index (χ2n) is 4.56. The maximum atomic E-state index is 5.69. The number of nitrogens with one attached hydrogen (secondary N) is 1. The lowest BCUT2D eigenvalue weighted by atomic mass is 9.99. The first-order valence-electron chi connectivity index (χ1n) is 6.67. The monoisotopic (exact) mass is 265 g/mol. The average molecular weight is 265 g/mol. The van der Waals surface area contributed by atoms with Gasteiger partial charge < -0.3 is 11.1 Å². The van der Waals surface area contributed by atoms with Gasteiger partial charge in [-0.25, -0.2) is 4.98 Å². The minimum atomic E-state index is 0.396.